The van der Waals surface area contributed by atoms with E-state index < -0.39 is 11.4 Å². The second-order valence-corrected chi connectivity index (χ2v) is 5.94. The van der Waals surface area contributed by atoms with Crippen LogP contribution in [0.4, 0.5) is 0 Å². The third kappa shape index (κ3) is 2.47. The number of rotatable bonds is 4. The molecule has 1 saturated heterocycles. The maximum absolute atomic E-state index is 11.2. The highest BCUT2D eigenvalue weighted by molar-refractivity contribution is 5.74. The van der Waals surface area contributed by atoms with Gasteiger partial charge < -0.3 is 15.6 Å². The molecule has 0 bridgehead atoms. The molecule has 0 aromatic heterocycles. The van der Waals surface area contributed by atoms with Gasteiger partial charge in [-0.2, -0.15) is 0 Å². The number of hydrogen-bond acceptors (Lipinski definition) is 3. The highest BCUT2D eigenvalue weighted by Gasteiger charge is 2.45. The molecule has 98 valence electrons. The van der Waals surface area contributed by atoms with Crippen LogP contribution in [0.3, 0.4) is 0 Å². The van der Waals surface area contributed by atoms with Crippen LogP contribution in [0.2, 0.25) is 0 Å². The molecule has 4 heteroatoms. The van der Waals surface area contributed by atoms with Crippen molar-refractivity contribution < 1.29 is 14.6 Å². The Balaban J connectivity index is 1.95. The molecule has 1 saturated carbocycles. The molecule has 0 radical (unpaired) electrons. The third-order valence-electron chi connectivity index (χ3n) is 4.50. The van der Waals surface area contributed by atoms with E-state index in [-0.39, 0.29) is 18.2 Å². The molecule has 2 fully saturated rings. The molecule has 2 atom stereocenters. The van der Waals surface area contributed by atoms with Crippen LogP contribution in [0.1, 0.15) is 51.9 Å². The van der Waals surface area contributed by atoms with E-state index in [0.29, 0.717) is 6.42 Å². The average Bonchev–Trinajstić information content (AvgIpc) is 2.90. The van der Waals surface area contributed by atoms with Crippen LogP contribution < -0.4 is 5.73 Å². The lowest BCUT2D eigenvalue weighted by atomic mass is 9.84. The molecule has 2 aliphatic rings. The van der Waals surface area contributed by atoms with E-state index in [9.17, 15) is 9.90 Å². The Morgan fingerprint density at radius 1 is 1.47 bits per heavy atom. The fourth-order valence-electron chi connectivity index (χ4n) is 3.19. The predicted octanol–water partition coefficient (Wildman–Crippen LogP) is 1.92. The Bertz CT molecular complexity index is 299. The summed E-state index contributed by atoms with van der Waals surface area (Å²) in [5.74, 6) is -0.809. The van der Waals surface area contributed by atoms with E-state index in [1.54, 1.807) is 6.92 Å². The number of ether oxygens (including phenoxy) is 1. The fraction of sp³-hybridized carbons (Fsp3) is 0.923. The summed E-state index contributed by atoms with van der Waals surface area (Å²) < 4.78 is 6.14. The van der Waals surface area contributed by atoms with Gasteiger partial charge in [0.1, 0.15) is 0 Å². The molecule has 1 aliphatic heterocycles. The molecular weight excluding hydrogens is 218 g/mol. The highest BCUT2D eigenvalue weighted by Crippen LogP contribution is 2.45. The molecular formula is C13H23NO3. The van der Waals surface area contributed by atoms with Crippen molar-refractivity contribution in [2.75, 3.05) is 6.54 Å². The van der Waals surface area contributed by atoms with E-state index >= 15 is 0 Å². The first kappa shape index (κ1) is 12.8. The van der Waals surface area contributed by atoms with E-state index in [4.69, 9.17) is 10.5 Å². The van der Waals surface area contributed by atoms with Crippen molar-refractivity contribution in [3.63, 3.8) is 0 Å². The largest absolute Gasteiger partial charge is 0.481 e. The average molecular weight is 241 g/mol. The molecule has 1 heterocycles. The quantitative estimate of drug-likeness (QED) is 0.788. The van der Waals surface area contributed by atoms with E-state index in [1.165, 1.54) is 12.8 Å². The molecule has 1 aliphatic carbocycles. The normalized spacial score (nSPS) is 30.6. The lowest BCUT2D eigenvalue weighted by molar-refractivity contribution is -0.150. The van der Waals surface area contributed by atoms with Crippen molar-refractivity contribution in [1.29, 1.82) is 0 Å². The molecule has 4 nitrogen and oxygen atoms in total. The Morgan fingerprint density at radius 2 is 2.12 bits per heavy atom. The molecule has 2 rings (SSSR count). The summed E-state index contributed by atoms with van der Waals surface area (Å²) in [5, 5.41) is 9.21. The first-order chi connectivity index (χ1) is 8.00. The number of carbonyl (C=O) groups is 1. The summed E-state index contributed by atoms with van der Waals surface area (Å²) in [6, 6.07) is 0. The van der Waals surface area contributed by atoms with E-state index in [2.05, 4.69) is 0 Å². The Labute approximate surface area is 103 Å². The van der Waals surface area contributed by atoms with Crippen LogP contribution in [0.25, 0.3) is 0 Å². The first-order valence-corrected chi connectivity index (χ1v) is 6.61. The zero-order chi connectivity index (χ0) is 12.5. The van der Waals surface area contributed by atoms with Gasteiger partial charge in [-0.05, 0) is 39.0 Å². The van der Waals surface area contributed by atoms with Gasteiger partial charge in [0.15, 0.2) is 0 Å². The third-order valence-corrected chi connectivity index (χ3v) is 4.50. The smallest absolute Gasteiger partial charge is 0.310 e. The van der Waals surface area contributed by atoms with Gasteiger partial charge in [-0.3, -0.25) is 4.79 Å². The molecule has 17 heavy (non-hydrogen) atoms. The highest BCUT2D eigenvalue weighted by atomic mass is 16.5. The standard InChI is InChI=1S/C13H23NO3/c1-12(9-14,11(15)16)8-10-4-7-13(17-10)5-2-3-6-13/h10H,2-9,14H2,1H3,(H,15,16). The summed E-state index contributed by atoms with van der Waals surface area (Å²) in [4.78, 5) is 11.2. The van der Waals surface area contributed by atoms with Crippen molar-refractivity contribution in [1.82, 2.24) is 0 Å². The second-order valence-electron chi connectivity index (χ2n) is 5.94. The molecule has 3 N–H and O–H groups in total. The molecule has 1 spiro atoms. The van der Waals surface area contributed by atoms with E-state index in [1.807, 2.05) is 0 Å². The van der Waals surface area contributed by atoms with E-state index in [0.717, 1.165) is 25.7 Å². The van der Waals surface area contributed by atoms with Crippen LogP contribution in [-0.4, -0.2) is 29.3 Å². The van der Waals surface area contributed by atoms with Crippen LogP contribution in [-0.2, 0) is 9.53 Å². The van der Waals surface area contributed by atoms with Gasteiger partial charge in [0.25, 0.3) is 0 Å². The molecule has 2 unspecified atom stereocenters. The summed E-state index contributed by atoms with van der Waals surface area (Å²) in [7, 11) is 0. The molecule has 0 aromatic rings. The SMILES string of the molecule is CC(CN)(CC1CCC2(CCCC2)O1)C(=O)O. The summed E-state index contributed by atoms with van der Waals surface area (Å²) >= 11 is 0. The Morgan fingerprint density at radius 3 is 2.65 bits per heavy atom. The minimum Gasteiger partial charge on any atom is -0.481 e. The summed E-state index contributed by atoms with van der Waals surface area (Å²) in [6.45, 7) is 1.90. The lowest BCUT2D eigenvalue weighted by Gasteiger charge is -2.28. The zero-order valence-electron chi connectivity index (χ0n) is 10.6. The van der Waals surface area contributed by atoms with Gasteiger partial charge in [0.05, 0.1) is 17.1 Å². The number of carboxylic acids is 1. The van der Waals surface area contributed by atoms with Crippen LogP contribution in [0.15, 0.2) is 0 Å². The summed E-state index contributed by atoms with van der Waals surface area (Å²) in [6.07, 6.45) is 7.50. The monoisotopic (exact) mass is 241 g/mol. The topological polar surface area (TPSA) is 72.5 Å². The van der Waals surface area contributed by atoms with Gasteiger partial charge in [0.2, 0.25) is 0 Å². The number of carboxylic acid groups (broad SMARTS) is 1. The van der Waals surface area contributed by atoms with Crippen LogP contribution >= 0.6 is 0 Å². The first-order valence-electron chi connectivity index (χ1n) is 6.61. The Kier molecular flexibility index (Phi) is 3.46. The van der Waals surface area contributed by atoms with Gasteiger partial charge in [-0.25, -0.2) is 0 Å². The van der Waals surface area contributed by atoms with Crippen LogP contribution in [0.5, 0.6) is 0 Å². The zero-order valence-corrected chi connectivity index (χ0v) is 10.6. The maximum Gasteiger partial charge on any atom is 0.310 e. The maximum atomic E-state index is 11.2. The number of nitrogens with two attached hydrogens (primary N) is 1. The lowest BCUT2D eigenvalue weighted by Crippen LogP contribution is -2.39. The molecule has 0 amide bonds. The minimum absolute atomic E-state index is 0.0812. The predicted molar refractivity (Wildman–Crippen MR) is 64.7 cm³/mol. The number of hydrogen-bond donors (Lipinski definition) is 2. The second kappa shape index (κ2) is 4.58. The van der Waals surface area contributed by atoms with Gasteiger partial charge >= 0.3 is 5.97 Å². The summed E-state index contributed by atoms with van der Waals surface area (Å²) in [5.41, 5.74) is 4.84. The Hall–Kier alpha value is -0.610. The molecule has 0 aromatic carbocycles. The van der Waals surface area contributed by atoms with Crippen molar-refractivity contribution in [3.8, 4) is 0 Å². The van der Waals surface area contributed by atoms with Crippen molar-refractivity contribution in [3.05, 3.63) is 0 Å². The van der Waals surface area contributed by atoms with Gasteiger partial charge in [-0.1, -0.05) is 12.8 Å². The number of aliphatic carboxylic acids is 1. The van der Waals surface area contributed by atoms with Gasteiger partial charge in [0, 0.05) is 6.54 Å². The van der Waals surface area contributed by atoms with Crippen molar-refractivity contribution >= 4 is 5.97 Å². The van der Waals surface area contributed by atoms with Crippen LogP contribution in [0, 0.1) is 5.41 Å². The minimum atomic E-state index is -0.838. The van der Waals surface area contributed by atoms with Gasteiger partial charge in [-0.15, -0.1) is 0 Å². The van der Waals surface area contributed by atoms with Crippen molar-refractivity contribution in [2.45, 2.75) is 63.6 Å². The van der Waals surface area contributed by atoms with Crippen molar-refractivity contribution in [2.24, 2.45) is 11.1 Å². The fourth-order valence-corrected chi connectivity index (χ4v) is 3.19.